The topological polar surface area (TPSA) is 120 Å². The first kappa shape index (κ1) is 20.1. The van der Waals surface area contributed by atoms with Gasteiger partial charge in [-0.3, -0.25) is 9.52 Å². The molecule has 0 unspecified atom stereocenters. The Morgan fingerprint density at radius 1 is 0.931 bits per heavy atom. The second kappa shape index (κ2) is 8.57. The van der Waals surface area contributed by atoms with E-state index in [9.17, 15) is 13.2 Å². The van der Waals surface area contributed by atoms with Crippen molar-refractivity contribution >= 4 is 27.4 Å². The van der Waals surface area contributed by atoms with Crippen LogP contribution in [-0.2, 0) is 10.0 Å². The van der Waals surface area contributed by atoms with Crippen molar-refractivity contribution in [3.05, 3.63) is 66.5 Å². The number of aromatic nitrogens is 2. The molecule has 0 saturated heterocycles. The molecule has 1 aromatic heterocycles. The summed E-state index contributed by atoms with van der Waals surface area (Å²) in [5.74, 6) is -0.192. The minimum absolute atomic E-state index is 0.0187. The molecule has 3 aromatic rings. The monoisotopic (exact) mass is 414 g/mol. The van der Waals surface area contributed by atoms with Crippen LogP contribution in [0.2, 0.25) is 0 Å². The van der Waals surface area contributed by atoms with Crippen LogP contribution in [0.25, 0.3) is 0 Å². The third-order valence-corrected chi connectivity index (χ3v) is 5.21. The Bertz CT molecular complexity index is 1100. The van der Waals surface area contributed by atoms with E-state index < -0.39 is 10.0 Å². The first-order valence-electron chi connectivity index (χ1n) is 8.37. The molecule has 0 aliphatic heterocycles. The summed E-state index contributed by atoms with van der Waals surface area (Å²) in [5.41, 5.74) is 0.953. The van der Waals surface area contributed by atoms with Gasteiger partial charge in [0.05, 0.1) is 19.1 Å². The summed E-state index contributed by atoms with van der Waals surface area (Å²) in [7, 11) is -1.23. The zero-order valence-corrected chi connectivity index (χ0v) is 16.4. The summed E-state index contributed by atoms with van der Waals surface area (Å²) in [6.45, 7) is 0. The number of nitrogens with zero attached hydrogens (tertiary/aromatic N) is 2. The van der Waals surface area contributed by atoms with Gasteiger partial charge in [0.1, 0.15) is 6.33 Å². The molecule has 0 aliphatic carbocycles. The number of nitrogens with one attached hydrogen (secondary N) is 2. The van der Waals surface area contributed by atoms with Gasteiger partial charge in [-0.25, -0.2) is 13.4 Å². The standard InChI is InChI=1S/C19H18N4O5S/c1-27-16-17(20-12-21-19(16)28-2)23-29(25,26)15-10-8-14(9-11-15)22-18(24)13-6-4-3-5-7-13/h3-12H,1-2H3,(H,22,24)(H,20,21,23). The molecule has 9 nitrogen and oxygen atoms in total. The number of carbonyl (C=O) groups excluding carboxylic acids is 1. The number of hydrogen-bond donors (Lipinski definition) is 2. The van der Waals surface area contributed by atoms with Crippen molar-refractivity contribution in [3.63, 3.8) is 0 Å². The number of anilines is 2. The highest BCUT2D eigenvalue weighted by Crippen LogP contribution is 2.32. The van der Waals surface area contributed by atoms with E-state index in [-0.39, 0.29) is 28.3 Å². The van der Waals surface area contributed by atoms with Crippen molar-refractivity contribution in [1.29, 1.82) is 0 Å². The third kappa shape index (κ3) is 4.61. The largest absolute Gasteiger partial charge is 0.489 e. The Kier molecular flexibility index (Phi) is 5.93. The molecular formula is C19H18N4O5S. The zero-order valence-electron chi connectivity index (χ0n) is 15.6. The third-order valence-electron chi connectivity index (χ3n) is 3.86. The molecule has 10 heteroatoms. The van der Waals surface area contributed by atoms with Gasteiger partial charge in [-0.15, -0.1) is 0 Å². The van der Waals surface area contributed by atoms with Crippen LogP contribution in [0.4, 0.5) is 11.5 Å². The lowest BCUT2D eigenvalue weighted by atomic mass is 10.2. The van der Waals surface area contributed by atoms with Gasteiger partial charge in [-0.1, -0.05) is 18.2 Å². The number of sulfonamides is 1. The molecule has 0 spiro atoms. The molecule has 2 aromatic carbocycles. The lowest BCUT2D eigenvalue weighted by Gasteiger charge is -2.13. The molecule has 0 saturated carbocycles. The van der Waals surface area contributed by atoms with E-state index in [4.69, 9.17) is 9.47 Å². The first-order chi connectivity index (χ1) is 13.9. The molecule has 0 aliphatic rings. The van der Waals surface area contributed by atoms with Gasteiger partial charge in [0, 0.05) is 11.3 Å². The number of carbonyl (C=O) groups is 1. The fourth-order valence-corrected chi connectivity index (χ4v) is 3.47. The Hall–Kier alpha value is -3.66. The second-order valence-electron chi connectivity index (χ2n) is 5.71. The van der Waals surface area contributed by atoms with E-state index in [1.54, 1.807) is 24.3 Å². The highest BCUT2D eigenvalue weighted by molar-refractivity contribution is 7.92. The van der Waals surface area contributed by atoms with Crippen LogP contribution in [0.5, 0.6) is 11.6 Å². The summed E-state index contributed by atoms with van der Waals surface area (Å²) in [6, 6.07) is 14.4. The van der Waals surface area contributed by atoms with Gasteiger partial charge in [0.15, 0.2) is 5.82 Å². The van der Waals surface area contributed by atoms with Gasteiger partial charge in [-0.05, 0) is 36.4 Å². The summed E-state index contributed by atoms with van der Waals surface area (Å²) in [6.07, 6.45) is 1.15. The minimum atomic E-state index is -3.96. The SMILES string of the molecule is COc1ncnc(NS(=O)(=O)c2ccc(NC(=O)c3ccccc3)cc2)c1OC. The average Bonchev–Trinajstić information content (AvgIpc) is 2.74. The summed E-state index contributed by atoms with van der Waals surface area (Å²) >= 11 is 0. The van der Waals surface area contributed by atoms with Gasteiger partial charge in [0.25, 0.3) is 21.8 Å². The number of rotatable bonds is 7. The lowest BCUT2D eigenvalue weighted by molar-refractivity contribution is 0.102. The number of benzene rings is 2. The zero-order chi connectivity index (χ0) is 20.9. The van der Waals surface area contributed by atoms with E-state index in [1.165, 1.54) is 38.5 Å². The van der Waals surface area contributed by atoms with Crippen molar-refractivity contribution < 1.29 is 22.7 Å². The van der Waals surface area contributed by atoms with E-state index >= 15 is 0 Å². The fraction of sp³-hybridized carbons (Fsp3) is 0.105. The summed E-state index contributed by atoms with van der Waals surface area (Å²) in [5, 5.41) is 2.71. The van der Waals surface area contributed by atoms with Crippen LogP contribution >= 0.6 is 0 Å². The molecule has 150 valence electrons. The smallest absolute Gasteiger partial charge is 0.263 e. The summed E-state index contributed by atoms with van der Waals surface area (Å²) < 4.78 is 37.8. The molecule has 0 atom stereocenters. The van der Waals surface area contributed by atoms with Crippen molar-refractivity contribution in [3.8, 4) is 11.6 Å². The quantitative estimate of drug-likeness (QED) is 0.610. The Labute approximate surface area is 167 Å². The molecule has 0 bridgehead atoms. The van der Waals surface area contributed by atoms with Crippen molar-refractivity contribution in [2.45, 2.75) is 4.90 Å². The van der Waals surface area contributed by atoms with E-state index in [2.05, 4.69) is 20.0 Å². The maximum atomic E-state index is 12.7. The lowest BCUT2D eigenvalue weighted by Crippen LogP contribution is -2.16. The highest BCUT2D eigenvalue weighted by Gasteiger charge is 2.20. The number of ether oxygens (including phenoxy) is 2. The van der Waals surface area contributed by atoms with Crippen molar-refractivity contribution in [2.24, 2.45) is 0 Å². The van der Waals surface area contributed by atoms with Crippen molar-refractivity contribution in [1.82, 2.24) is 9.97 Å². The number of methoxy groups -OCH3 is 2. The van der Waals surface area contributed by atoms with Crippen LogP contribution in [0.1, 0.15) is 10.4 Å². The van der Waals surface area contributed by atoms with E-state index in [0.717, 1.165) is 6.33 Å². The Morgan fingerprint density at radius 2 is 1.62 bits per heavy atom. The molecule has 29 heavy (non-hydrogen) atoms. The molecule has 0 fully saturated rings. The van der Waals surface area contributed by atoms with Crippen LogP contribution < -0.4 is 19.5 Å². The predicted molar refractivity (Wildman–Crippen MR) is 107 cm³/mol. The van der Waals surface area contributed by atoms with Gasteiger partial charge >= 0.3 is 0 Å². The molecular weight excluding hydrogens is 396 g/mol. The van der Waals surface area contributed by atoms with Gasteiger partial charge in [0.2, 0.25) is 5.75 Å². The predicted octanol–water partition coefficient (Wildman–Crippen LogP) is 2.55. The fourth-order valence-electron chi connectivity index (χ4n) is 2.46. The van der Waals surface area contributed by atoms with E-state index in [0.29, 0.717) is 11.3 Å². The Balaban J connectivity index is 1.78. The van der Waals surface area contributed by atoms with Crippen LogP contribution in [0.3, 0.4) is 0 Å². The average molecular weight is 414 g/mol. The Morgan fingerprint density at radius 3 is 2.24 bits per heavy atom. The maximum Gasteiger partial charge on any atom is 0.263 e. The summed E-state index contributed by atoms with van der Waals surface area (Å²) in [4.78, 5) is 19.9. The minimum Gasteiger partial charge on any atom is -0.489 e. The van der Waals surface area contributed by atoms with Crippen molar-refractivity contribution in [2.75, 3.05) is 24.3 Å². The number of amides is 1. The normalized spacial score (nSPS) is 10.8. The van der Waals surface area contributed by atoms with Crippen LogP contribution in [0.15, 0.2) is 65.8 Å². The molecule has 3 rings (SSSR count). The molecule has 0 radical (unpaired) electrons. The number of hydrogen-bond acceptors (Lipinski definition) is 7. The van der Waals surface area contributed by atoms with Crippen LogP contribution in [-0.4, -0.2) is 38.5 Å². The van der Waals surface area contributed by atoms with E-state index in [1.807, 2.05) is 6.07 Å². The van der Waals surface area contributed by atoms with Crippen LogP contribution in [0, 0.1) is 0 Å². The molecule has 1 heterocycles. The molecule has 2 N–H and O–H groups in total. The van der Waals surface area contributed by atoms with Gasteiger partial charge in [-0.2, -0.15) is 4.98 Å². The maximum absolute atomic E-state index is 12.7. The highest BCUT2D eigenvalue weighted by atomic mass is 32.2. The second-order valence-corrected chi connectivity index (χ2v) is 7.40. The van der Waals surface area contributed by atoms with Gasteiger partial charge < -0.3 is 14.8 Å². The first-order valence-corrected chi connectivity index (χ1v) is 9.85. The molecule has 1 amide bonds.